The Labute approximate surface area is 207 Å². The predicted molar refractivity (Wildman–Crippen MR) is 136 cm³/mol. The summed E-state index contributed by atoms with van der Waals surface area (Å²) in [5.41, 5.74) is 9.13. The number of rotatable bonds is 8. The molecule has 1 fully saturated rings. The highest BCUT2D eigenvalue weighted by atomic mass is 35.5. The Morgan fingerprint density at radius 2 is 1.74 bits per heavy atom. The normalized spacial score (nSPS) is 14.7. The maximum absolute atomic E-state index is 15.0. The van der Waals surface area contributed by atoms with Crippen molar-refractivity contribution in [3.8, 4) is 10.6 Å². The van der Waals surface area contributed by atoms with Crippen LogP contribution in [0.4, 0.5) is 4.39 Å². The van der Waals surface area contributed by atoms with Crippen LogP contribution in [0.5, 0.6) is 0 Å². The van der Waals surface area contributed by atoms with Crippen molar-refractivity contribution in [2.75, 3.05) is 13.2 Å². The van der Waals surface area contributed by atoms with E-state index in [0.717, 1.165) is 34.4 Å². The zero-order chi connectivity index (χ0) is 23.1. The van der Waals surface area contributed by atoms with Crippen LogP contribution in [0, 0.1) is 5.82 Å². The number of nitrogens with zero attached hydrogens (tertiary/aromatic N) is 2. The van der Waals surface area contributed by atoms with Crippen molar-refractivity contribution < 1.29 is 14.6 Å². The molecule has 1 aliphatic carbocycles. The standard InChI is InChI=1S/C26H26FN3O2S.ClH/c27-20-14-17(10-11-25(28,15-31)16-32)6-7-19(20)23-29-21-8-9-22(30-24(21)33-23)26(12-13-26)18-4-2-1-3-5-18;/h1-9,14,31-32H,10-13,15-16,28H2;1H. The van der Waals surface area contributed by atoms with Crippen molar-refractivity contribution in [2.45, 2.75) is 36.6 Å². The number of hydrogen-bond donors (Lipinski definition) is 3. The zero-order valence-corrected chi connectivity index (χ0v) is 20.2. The number of halogens is 2. The molecule has 0 saturated heterocycles. The molecule has 1 aliphatic rings. The van der Waals surface area contributed by atoms with Gasteiger partial charge in [-0.05, 0) is 61.1 Å². The van der Waals surface area contributed by atoms with E-state index in [0.29, 0.717) is 23.4 Å². The first-order valence-corrected chi connectivity index (χ1v) is 11.9. The fraction of sp³-hybridized carbons (Fsp3) is 0.308. The Bertz CT molecular complexity index is 1290. The maximum Gasteiger partial charge on any atom is 0.144 e. The summed E-state index contributed by atoms with van der Waals surface area (Å²) >= 11 is 1.40. The molecule has 2 aromatic heterocycles. The van der Waals surface area contributed by atoms with Crippen LogP contribution in [-0.4, -0.2) is 38.9 Å². The van der Waals surface area contributed by atoms with Gasteiger partial charge in [0.25, 0.3) is 0 Å². The first kappa shape index (κ1) is 24.7. The van der Waals surface area contributed by atoms with E-state index in [1.54, 1.807) is 6.07 Å². The number of benzene rings is 2. The Balaban J connectivity index is 0.00000274. The average molecular weight is 500 g/mol. The topological polar surface area (TPSA) is 92.3 Å². The SMILES string of the molecule is Cl.NC(CO)(CO)CCc1ccc(-c2nc3ccc(C4(c5ccccc5)CC4)nc3s2)c(F)c1. The van der Waals surface area contributed by atoms with Crippen molar-refractivity contribution in [1.29, 1.82) is 0 Å². The molecule has 2 heterocycles. The molecule has 1 saturated carbocycles. The minimum Gasteiger partial charge on any atom is -0.394 e. The summed E-state index contributed by atoms with van der Waals surface area (Å²) in [6, 6.07) is 19.5. The number of aryl methyl sites for hydroxylation is 1. The molecule has 5 nitrogen and oxygen atoms in total. The highest BCUT2D eigenvalue weighted by Crippen LogP contribution is 2.53. The van der Waals surface area contributed by atoms with Gasteiger partial charge < -0.3 is 15.9 Å². The molecule has 0 bridgehead atoms. The summed E-state index contributed by atoms with van der Waals surface area (Å²) in [6.07, 6.45) is 2.97. The minimum atomic E-state index is -1.07. The van der Waals surface area contributed by atoms with Gasteiger partial charge in [-0.15, -0.1) is 12.4 Å². The van der Waals surface area contributed by atoms with Gasteiger partial charge in [0.05, 0.1) is 24.4 Å². The van der Waals surface area contributed by atoms with Crippen LogP contribution in [0.15, 0.2) is 60.7 Å². The van der Waals surface area contributed by atoms with Gasteiger partial charge in [0.2, 0.25) is 0 Å². The van der Waals surface area contributed by atoms with Gasteiger partial charge in [0, 0.05) is 11.0 Å². The minimum absolute atomic E-state index is 0. The number of aliphatic hydroxyl groups excluding tert-OH is 2. The van der Waals surface area contributed by atoms with Gasteiger partial charge in [-0.3, -0.25) is 0 Å². The first-order valence-electron chi connectivity index (χ1n) is 11.1. The van der Waals surface area contributed by atoms with Gasteiger partial charge in [0.15, 0.2) is 0 Å². The van der Waals surface area contributed by atoms with Gasteiger partial charge in [-0.25, -0.2) is 14.4 Å². The number of thiazole rings is 1. The molecule has 4 aromatic rings. The average Bonchev–Trinajstić information content (AvgIpc) is 3.56. The van der Waals surface area contributed by atoms with Crippen LogP contribution in [0.1, 0.15) is 36.1 Å². The smallest absolute Gasteiger partial charge is 0.144 e. The van der Waals surface area contributed by atoms with E-state index < -0.39 is 5.54 Å². The molecule has 0 unspecified atom stereocenters. The molecule has 0 atom stereocenters. The third-order valence-corrected chi connectivity index (χ3v) is 7.63. The lowest BCUT2D eigenvalue weighted by atomic mass is 9.92. The Morgan fingerprint density at radius 1 is 1.00 bits per heavy atom. The van der Waals surface area contributed by atoms with E-state index in [1.807, 2.05) is 24.3 Å². The van der Waals surface area contributed by atoms with Gasteiger partial charge in [-0.2, -0.15) is 0 Å². The van der Waals surface area contributed by atoms with E-state index in [9.17, 15) is 14.6 Å². The summed E-state index contributed by atoms with van der Waals surface area (Å²) in [5, 5.41) is 19.3. The molecule has 34 heavy (non-hydrogen) atoms. The lowest BCUT2D eigenvalue weighted by Gasteiger charge is -2.24. The molecule has 4 N–H and O–H groups in total. The monoisotopic (exact) mass is 499 g/mol. The number of aromatic nitrogens is 2. The first-order chi connectivity index (χ1) is 16.0. The largest absolute Gasteiger partial charge is 0.394 e. The molecule has 178 valence electrons. The van der Waals surface area contributed by atoms with Crippen LogP contribution in [0.2, 0.25) is 0 Å². The van der Waals surface area contributed by atoms with Crippen molar-refractivity contribution in [2.24, 2.45) is 5.73 Å². The van der Waals surface area contributed by atoms with E-state index >= 15 is 0 Å². The van der Waals surface area contributed by atoms with Crippen LogP contribution < -0.4 is 5.73 Å². The summed E-state index contributed by atoms with van der Waals surface area (Å²) in [6.45, 7) is -0.646. The van der Waals surface area contributed by atoms with Crippen LogP contribution >= 0.6 is 23.7 Å². The number of hydrogen-bond acceptors (Lipinski definition) is 6. The summed E-state index contributed by atoms with van der Waals surface area (Å²) in [5.74, 6) is -0.356. The van der Waals surface area contributed by atoms with E-state index in [-0.39, 0.29) is 36.9 Å². The summed E-state index contributed by atoms with van der Waals surface area (Å²) < 4.78 is 15.0. The number of aliphatic hydroxyl groups is 2. The second kappa shape index (κ2) is 9.68. The molecule has 0 amide bonds. The molecule has 0 radical (unpaired) electrons. The molecule has 0 spiro atoms. The predicted octanol–water partition coefficient (Wildman–Crippen LogP) is 4.61. The highest BCUT2D eigenvalue weighted by molar-refractivity contribution is 7.21. The fourth-order valence-electron chi connectivity index (χ4n) is 4.26. The van der Waals surface area contributed by atoms with Crippen molar-refractivity contribution in [3.63, 3.8) is 0 Å². The fourth-order valence-corrected chi connectivity index (χ4v) is 5.23. The van der Waals surface area contributed by atoms with Crippen molar-refractivity contribution in [3.05, 3.63) is 83.3 Å². The molecular formula is C26H27ClFN3O2S. The van der Waals surface area contributed by atoms with E-state index in [4.69, 9.17) is 10.7 Å². The quantitative estimate of drug-likeness (QED) is 0.329. The number of fused-ring (bicyclic) bond motifs is 1. The van der Waals surface area contributed by atoms with Crippen molar-refractivity contribution >= 4 is 34.1 Å². The molecule has 2 aromatic carbocycles. The second-order valence-electron chi connectivity index (χ2n) is 8.98. The van der Waals surface area contributed by atoms with Gasteiger partial charge >= 0.3 is 0 Å². The number of nitrogens with two attached hydrogens (primary N) is 1. The molecule has 0 aliphatic heterocycles. The van der Waals surface area contributed by atoms with Gasteiger partial charge in [-0.1, -0.05) is 47.7 Å². The Hall–Kier alpha value is -2.42. The third-order valence-electron chi connectivity index (χ3n) is 6.63. The van der Waals surface area contributed by atoms with Crippen LogP contribution in [-0.2, 0) is 11.8 Å². The lowest BCUT2D eigenvalue weighted by Crippen LogP contribution is -2.47. The zero-order valence-electron chi connectivity index (χ0n) is 18.6. The summed E-state index contributed by atoms with van der Waals surface area (Å²) in [7, 11) is 0. The molecule has 5 rings (SSSR count). The van der Waals surface area contributed by atoms with Crippen LogP contribution in [0.3, 0.4) is 0 Å². The second-order valence-corrected chi connectivity index (χ2v) is 9.96. The molecule has 8 heteroatoms. The maximum atomic E-state index is 15.0. The highest BCUT2D eigenvalue weighted by Gasteiger charge is 2.47. The van der Waals surface area contributed by atoms with E-state index in [2.05, 4.69) is 29.2 Å². The van der Waals surface area contributed by atoms with Crippen LogP contribution in [0.25, 0.3) is 20.9 Å². The Kier molecular flexibility index (Phi) is 7.03. The number of pyridine rings is 1. The van der Waals surface area contributed by atoms with E-state index in [1.165, 1.54) is 23.0 Å². The third kappa shape index (κ3) is 4.59. The van der Waals surface area contributed by atoms with Gasteiger partial charge in [0.1, 0.15) is 21.2 Å². The molecular weight excluding hydrogens is 473 g/mol. The lowest BCUT2D eigenvalue weighted by molar-refractivity contribution is 0.115. The Morgan fingerprint density at radius 3 is 2.38 bits per heavy atom. The van der Waals surface area contributed by atoms with Crippen molar-refractivity contribution in [1.82, 2.24) is 9.97 Å². The summed E-state index contributed by atoms with van der Waals surface area (Å²) in [4.78, 5) is 10.4.